The van der Waals surface area contributed by atoms with E-state index in [0.29, 0.717) is 17.2 Å². The maximum absolute atomic E-state index is 11.0. The second-order valence-electron chi connectivity index (χ2n) is 4.52. The highest BCUT2D eigenvalue weighted by Gasteiger charge is 2.08. The largest absolute Gasteiger partial charge is 0.478 e. The normalized spacial score (nSPS) is 10.0. The monoisotopic (exact) mass is 285 g/mol. The maximum atomic E-state index is 11.0. The number of aromatic carboxylic acids is 1. The number of benzene rings is 1. The van der Waals surface area contributed by atoms with Crippen LogP contribution in [0.5, 0.6) is 0 Å². The number of pyridine rings is 1. The van der Waals surface area contributed by atoms with E-state index in [9.17, 15) is 9.59 Å². The van der Waals surface area contributed by atoms with Crippen molar-refractivity contribution in [3.63, 3.8) is 0 Å². The number of amides is 1. The third-order valence-corrected chi connectivity index (χ3v) is 2.77. The van der Waals surface area contributed by atoms with Gasteiger partial charge in [0.15, 0.2) is 0 Å². The molecule has 0 aliphatic rings. The van der Waals surface area contributed by atoms with E-state index in [2.05, 4.69) is 15.6 Å². The summed E-state index contributed by atoms with van der Waals surface area (Å²) in [5, 5.41) is 14.7. The molecule has 0 radical (unpaired) electrons. The number of hydrogen-bond acceptors (Lipinski definition) is 4. The lowest BCUT2D eigenvalue weighted by Crippen LogP contribution is -2.06. The van der Waals surface area contributed by atoms with Gasteiger partial charge in [-0.05, 0) is 37.3 Å². The van der Waals surface area contributed by atoms with E-state index >= 15 is 0 Å². The van der Waals surface area contributed by atoms with E-state index in [1.54, 1.807) is 31.2 Å². The smallest absolute Gasteiger partial charge is 0.337 e. The zero-order chi connectivity index (χ0) is 15.4. The van der Waals surface area contributed by atoms with Gasteiger partial charge in [0.2, 0.25) is 5.91 Å². The van der Waals surface area contributed by atoms with Gasteiger partial charge in [0.25, 0.3) is 0 Å². The van der Waals surface area contributed by atoms with Gasteiger partial charge in [0.1, 0.15) is 5.82 Å². The van der Waals surface area contributed by atoms with Gasteiger partial charge in [0, 0.05) is 18.3 Å². The summed E-state index contributed by atoms with van der Waals surface area (Å²) in [6, 6.07) is 10.3. The lowest BCUT2D eigenvalue weighted by molar-refractivity contribution is -0.114. The first kappa shape index (κ1) is 14.5. The number of carbonyl (C=O) groups excluding carboxylic acids is 1. The van der Waals surface area contributed by atoms with Gasteiger partial charge in [-0.3, -0.25) is 4.79 Å². The summed E-state index contributed by atoms with van der Waals surface area (Å²) in [5.41, 5.74) is 2.03. The number of carbonyl (C=O) groups is 2. The molecule has 0 saturated heterocycles. The standard InChI is InChI=1S/C15H15N3O3/c1-9-13(15(20)21)6-7-14(16-9)18-12-5-3-4-11(8-12)17-10(2)19/h3-8H,1-2H3,(H,16,18)(H,17,19)(H,20,21). The van der Waals surface area contributed by atoms with E-state index in [1.807, 2.05) is 6.07 Å². The van der Waals surface area contributed by atoms with Crippen LogP contribution in [0, 0.1) is 6.92 Å². The summed E-state index contributed by atoms with van der Waals surface area (Å²) >= 11 is 0. The van der Waals surface area contributed by atoms with E-state index in [1.165, 1.54) is 13.0 Å². The molecular formula is C15H15N3O3. The summed E-state index contributed by atoms with van der Waals surface area (Å²) in [5.74, 6) is -0.608. The predicted octanol–water partition coefficient (Wildman–Crippen LogP) is 2.79. The number of hydrogen-bond donors (Lipinski definition) is 3. The molecule has 0 aliphatic carbocycles. The number of nitrogens with zero attached hydrogens (tertiary/aromatic N) is 1. The number of aryl methyl sites for hydroxylation is 1. The molecule has 0 unspecified atom stereocenters. The molecule has 0 bridgehead atoms. The van der Waals surface area contributed by atoms with Crippen molar-refractivity contribution in [2.75, 3.05) is 10.6 Å². The quantitative estimate of drug-likeness (QED) is 0.803. The molecule has 108 valence electrons. The minimum atomic E-state index is -1.00. The SMILES string of the molecule is CC(=O)Nc1cccc(Nc2ccc(C(=O)O)c(C)n2)c1. The molecule has 0 fully saturated rings. The third-order valence-electron chi connectivity index (χ3n) is 2.77. The highest BCUT2D eigenvalue weighted by molar-refractivity contribution is 5.90. The number of carboxylic acids is 1. The molecule has 0 aliphatic heterocycles. The fourth-order valence-corrected chi connectivity index (χ4v) is 1.88. The lowest BCUT2D eigenvalue weighted by Gasteiger charge is -2.09. The number of rotatable bonds is 4. The number of nitrogens with one attached hydrogen (secondary N) is 2. The van der Waals surface area contributed by atoms with Gasteiger partial charge in [-0.25, -0.2) is 9.78 Å². The van der Waals surface area contributed by atoms with Gasteiger partial charge in [-0.2, -0.15) is 0 Å². The fraction of sp³-hybridized carbons (Fsp3) is 0.133. The Bertz CT molecular complexity index is 698. The van der Waals surface area contributed by atoms with Crippen molar-refractivity contribution in [1.82, 2.24) is 4.98 Å². The van der Waals surface area contributed by atoms with Crippen molar-refractivity contribution in [2.45, 2.75) is 13.8 Å². The Hall–Kier alpha value is -2.89. The highest BCUT2D eigenvalue weighted by Crippen LogP contribution is 2.20. The van der Waals surface area contributed by atoms with Gasteiger partial charge in [-0.15, -0.1) is 0 Å². The highest BCUT2D eigenvalue weighted by atomic mass is 16.4. The molecule has 1 aromatic heterocycles. The van der Waals surface area contributed by atoms with Crippen LogP contribution in [-0.4, -0.2) is 22.0 Å². The molecule has 0 saturated carbocycles. The number of aromatic nitrogens is 1. The van der Waals surface area contributed by atoms with Crippen LogP contribution in [0.15, 0.2) is 36.4 Å². The summed E-state index contributed by atoms with van der Waals surface area (Å²) < 4.78 is 0. The first-order valence-corrected chi connectivity index (χ1v) is 6.31. The minimum absolute atomic E-state index is 0.146. The molecule has 2 aromatic rings. The number of anilines is 3. The Morgan fingerprint density at radius 2 is 1.86 bits per heavy atom. The summed E-state index contributed by atoms with van der Waals surface area (Å²) in [7, 11) is 0. The van der Waals surface area contributed by atoms with E-state index in [0.717, 1.165) is 5.69 Å². The van der Waals surface area contributed by atoms with Crippen molar-refractivity contribution in [2.24, 2.45) is 0 Å². The molecule has 0 atom stereocenters. The Kier molecular flexibility index (Phi) is 4.18. The Balaban J connectivity index is 2.20. The van der Waals surface area contributed by atoms with E-state index in [4.69, 9.17) is 5.11 Å². The van der Waals surface area contributed by atoms with Crippen LogP contribution < -0.4 is 10.6 Å². The molecule has 0 spiro atoms. The molecule has 3 N–H and O–H groups in total. The zero-order valence-electron chi connectivity index (χ0n) is 11.7. The van der Waals surface area contributed by atoms with E-state index in [-0.39, 0.29) is 11.5 Å². The number of carboxylic acid groups (broad SMARTS) is 1. The van der Waals surface area contributed by atoms with Gasteiger partial charge < -0.3 is 15.7 Å². The average Bonchev–Trinajstić information content (AvgIpc) is 2.37. The van der Waals surface area contributed by atoms with Gasteiger partial charge in [-0.1, -0.05) is 6.07 Å². The Labute approximate surface area is 121 Å². The summed E-state index contributed by atoms with van der Waals surface area (Å²) in [4.78, 5) is 26.2. The summed E-state index contributed by atoms with van der Waals surface area (Å²) in [6.07, 6.45) is 0. The lowest BCUT2D eigenvalue weighted by atomic mass is 10.2. The Morgan fingerprint density at radius 1 is 1.14 bits per heavy atom. The van der Waals surface area contributed by atoms with Crippen molar-refractivity contribution in [3.05, 3.63) is 47.7 Å². The van der Waals surface area contributed by atoms with Crippen LogP contribution >= 0.6 is 0 Å². The molecule has 2 rings (SSSR count). The molecule has 21 heavy (non-hydrogen) atoms. The molecular weight excluding hydrogens is 270 g/mol. The predicted molar refractivity (Wildman–Crippen MR) is 80.0 cm³/mol. The third kappa shape index (κ3) is 3.79. The van der Waals surface area contributed by atoms with Crippen LogP contribution in [0.4, 0.5) is 17.2 Å². The van der Waals surface area contributed by atoms with Gasteiger partial charge in [0.05, 0.1) is 11.3 Å². The molecule has 1 heterocycles. The fourth-order valence-electron chi connectivity index (χ4n) is 1.88. The van der Waals surface area contributed by atoms with E-state index < -0.39 is 5.97 Å². The minimum Gasteiger partial charge on any atom is -0.478 e. The first-order valence-electron chi connectivity index (χ1n) is 6.31. The van der Waals surface area contributed by atoms with Gasteiger partial charge >= 0.3 is 5.97 Å². The molecule has 6 heteroatoms. The van der Waals surface area contributed by atoms with Crippen molar-refractivity contribution in [3.8, 4) is 0 Å². The van der Waals surface area contributed by atoms with Crippen LogP contribution in [-0.2, 0) is 4.79 Å². The molecule has 1 amide bonds. The van der Waals surface area contributed by atoms with Crippen LogP contribution in [0.25, 0.3) is 0 Å². The molecule has 6 nitrogen and oxygen atoms in total. The van der Waals surface area contributed by atoms with Crippen molar-refractivity contribution >= 4 is 29.1 Å². The van der Waals surface area contributed by atoms with Crippen LogP contribution in [0.1, 0.15) is 23.0 Å². The summed E-state index contributed by atoms with van der Waals surface area (Å²) in [6.45, 7) is 3.08. The first-order chi connectivity index (χ1) is 9.95. The Morgan fingerprint density at radius 3 is 2.48 bits per heavy atom. The second-order valence-corrected chi connectivity index (χ2v) is 4.52. The van der Waals surface area contributed by atoms with Crippen LogP contribution in [0.2, 0.25) is 0 Å². The van der Waals surface area contributed by atoms with Crippen molar-refractivity contribution < 1.29 is 14.7 Å². The zero-order valence-corrected chi connectivity index (χ0v) is 11.7. The van der Waals surface area contributed by atoms with Crippen LogP contribution in [0.3, 0.4) is 0 Å². The average molecular weight is 285 g/mol. The maximum Gasteiger partial charge on any atom is 0.337 e. The second kappa shape index (κ2) is 6.04. The van der Waals surface area contributed by atoms with Crippen molar-refractivity contribution in [1.29, 1.82) is 0 Å². The topological polar surface area (TPSA) is 91.3 Å². The molecule has 1 aromatic carbocycles.